The third-order valence-corrected chi connectivity index (χ3v) is 3.03. The number of rotatable bonds is 5. The molecule has 1 aromatic carbocycles. The first-order chi connectivity index (χ1) is 9.05. The molecule has 0 aliphatic heterocycles. The number of aromatic nitrogens is 2. The lowest BCUT2D eigenvalue weighted by molar-refractivity contribution is 0.516. The number of hydrogen-bond acceptors (Lipinski definition) is 3. The van der Waals surface area contributed by atoms with Crippen LogP contribution in [0.15, 0.2) is 47.5 Å². The van der Waals surface area contributed by atoms with Crippen molar-refractivity contribution in [2.24, 2.45) is 0 Å². The van der Waals surface area contributed by atoms with Gasteiger partial charge in [0.25, 0.3) is 5.56 Å². The van der Waals surface area contributed by atoms with Gasteiger partial charge in [-0.15, -0.1) is 0 Å². The zero-order valence-electron chi connectivity index (χ0n) is 11.3. The standard InChI is InChI=1S/C15H19N3O/c1-15(2,9-8-12-6-4-3-5-7-12)18-13-10-14(19)17-11-16-13/h3-7,10-11H,8-9H2,1-2H3,(H2,16,17,18,19). The molecular weight excluding hydrogens is 238 g/mol. The van der Waals surface area contributed by atoms with Gasteiger partial charge in [0, 0.05) is 11.6 Å². The molecule has 2 rings (SSSR count). The average Bonchev–Trinajstić information content (AvgIpc) is 2.37. The summed E-state index contributed by atoms with van der Waals surface area (Å²) in [7, 11) is 0. The van der Waals surface area contributed by atoms with Gasteiger partial charge >= 0.3 is 0 Å². The van der Waals surface area contributed by atoms with E-state index in [9.17, 15) is 4.79 Å². The van der Waals surface area contributed by atoms with E-state index in [0.29, 0.717) is 5.82 Å². The zero-order valence-corrected chi connectivity index (χ0v) is 11.3. The van der Waals surface area contributed by atoms with Crippen molar-refractivity contribution in [3.05, 3.63) is 58.6 Å². The van der Waals surface area contributed by atoms with E-state index in [-0.39, 0.29) is 11.1 Å². The van der Waals surface area contributed by atoms with Crippen molar-refractivity contribution in [3.63, 3.8) is 0 Å². The largest absolute Gasteiger partial charge is 0.365 e. The van der Waals surface area contributed by atoms with Crippen molar-refractivity contribution < 1.29 is 0 Å². The fourth-order valence-electron chi connectivity index (χ4n) is 1.95. The van der Waals surface area contributed by atoms with Gasteiger partial charge in [0.15, 0.2) is 0 Å². The minimum absolute atomic E-state index is 0.114. The molecule has 0 atom stereocenters. The Bertz CT molecular complexity index is 575. The predicted octanol–water partition coefficient (Wildman–Crippen LogP) is 2.59. The second kappa shape index (κ2) is 5.69. The van der Waals surface area contributed by atoms with Gasteiger partial charge in [0.05, 0.1) is 6.33 Å². The second-order valence-electron chi connectivity index (χ2n) is 5.29. The van der Waals surface area contributed by atoms with Crippen molar-refractivity contribution in [3.8, 4) is 0 Å². The van der Waals surface area contributed by atoms with E-state index < -0.39 is 0 Å². The van der Waals surface area contributed by atoms with Gasteiger partial charge in [-0.25, -0.2) is 4.98 Å². The van der Waals surface area contributed by atoms with E-state index in [4.69, 9.17) is 0 Å². The zero-order chi connectivity index (χ0) is 13.7. The van der Waals surface area contributed by atoms with Crippen molar-refractivity contribution in [2.45, 2.75) is 32.2 Å². The van der Waals surface area contributed by atoms with Crippen LogP contribution in [-0.4, -0.2) is 15.5 Å². The molecule has 1 aromatic heterocycles. The number of nitrogens with zero attached hydrogens (tertiary/aromatic N) is 1. The van der Waals surface area contributed by atoms with Crippen LogP contribution >= 0.6 is 0 Å². The van der Waals surface area contributed by atoms with Gasteiger partial charge < -0.3 is 10.3 Å². The molecule has 2 aromatic rings. The molecule has 4 nitrogen and oxygen atoms in total. The highest BCUT2D eigenvalue weighted by atomic mass is 16.1. The van der Waals surface area contributed by atoms with Gasteiger partial charge in [-0.2, -0.15) is 0 Å². The summed E-state index contributed by atoms with van der Waals surface area (Å²) in [5, 5.41) is 3.30. The van der Waals surface area contributed by atoms with Crippen molar-refractivity contribution in [1.29, 1.82) is 0 Å². The normalized spacial score (nSPS) is 11.3. The molecule has 0 bridgehead atoms. The summed E-state index contributed by atoms with van der Waals surface area (Å²) in [6, 6.07) is 11.8. The molecule has 4 heteroatoms. The Morgan fingerprint density at radius 3 is 2.68 bits per heavy atom. The molecular formula is C15H19N3O. The first-order valence-electron chi connectivity index (χ1n) is 6.42. The summed E-state index contributed by atoms with van der Waals surface area (Å²) in [5.74, 6) is 0.613. The third-order valence-electron chi connectivity index (χ3n) is 3.03. The molecule has 0 radical (unpaired) electrons. The molecule has 0 aliphatic carbocycles. The summed E-state index contributed by atoms with van der Waals surface area (Å²) in [6.45, 7) is 4.22. The first kappa shape index (κ1) is 13.3. The smallest absolute Gasteiger partial charge is 0.252 e. The van der Waals surface area contributed by atoms with E-state index in [0.717, 1.165) is 12.8 Å². The second-order valence-corrected chi connectivity index (χ2v) is 5.29. The topological polar surface area (TPSA) is 57.8 Å². The van der Waals surface area contributed by atoms with Gasteiger partial charge in [0.2, 0.25) is 0 Å². The van der Waals surface area contributed by atoms with Crippen LogP contribution in [0.25, 0.3) is 0 Å². The van der Waals surface area contributed by atoms with Crippen molar-refractivity contribution in [2.75, 3.05) is 5.32 Å². The van der Waals surface area contributed by atoms with Gasteiger partial charge in [-0.05, 0) is 32.3 Å². The lowest BCUT2D eigenvalue weighted by Gasteiger charge is -2.26. The minimum atomic E-state index is -0.142. The third kappa shape index (κ3) is 4.25. The molecule has 0 unspecified atom stereocenters. The molecule has 0 spiro atoms. The SMILES string of the molecule is CC(C)(CCc1ccccc1)Nc1cc(=O)[nH]cn1. The summed E-state index contributed by atoms with van der Waals surface area (Å²) in [5.41, 5.74) is 1.06. The maximum absolute atomic E-state index is 11.2. The highest BCUT2D eigenvalue weighted by molar-refractivity contribution is 5.35. The quantitative estimate of drug-likeness (QED) is 0.865. The van der Waals surface area contributed by atoms with Crippen LogP contribution in [-0.2, 0) is 6.42 Å². The lowest BCUT2D eigenvalue weighted by atomic mass is 9.95. The number of aromatic amines is 1. The summed E-state index contributed by atoms with van der Waals surface area (Å²) >= 11 is 0. The van der Waals surface area contributed by atoms with E-state index >= 15 is 0 Å². The summed E-state index contributed by atoms with van der Waals surface area (Å²) < 4.78 is 0. The van der Waals surface area contributed by atoms with E-state index in [2.05, 4.69) is 41.3 Å². The molecule has 2 N–H and O–H groups in total. The Hall–Kier alpha value is -2.10. The van der Waals surface area contributed by atoms with Crippen LogP contribution in [0.3, 0.4) is 0 Å². The van der Waals surface area contributed by atoms with Crippen LogP contribution in [0.4, 0.5) is 5.82 Å². The van der Waals surface area contributed by atoms with Crippen LogP contribution < -0.4 is 10.9 Å². The number of anilines is 1. The predicted molar refractivity (Wildman–Crippen MR) is 77.3 cm³/mol. The Morgan fingerprint density at radius 2 is 2.00 bits per heavy atom. The van der Waals surface area contributed by atoms with Crippen molar-refractivity contribution in [1.82, 2.24) is 9.97 Å². The molecule has 100 valence electrons. The van der Waals surface area contributed by atoms with E-state index in [1.807, 2.05) is 18.2 Å². The Kier molecular flexibility index (Phi) is 4.00. The Balaban J connectivity index is 1.97. The maximum atomic E-state index is 11.2. The highest BCUT2D eigenvalue weighted by Crippen LogP contribution is 2.18. The fourth-order valence-corrected chi connectivity index (χ4v) is 1.95. The van der Waals surface area contributed by atoms with Crippen LogP contribution in [0, 0.1) is 0 Å². The molecule has 0 amide bonds. The first-order valence-corrected chi connectivity index (χ1v) is 6.42. The monoisotopic (exact) mass is 257 g/mol. The Labute approximate surface area is 112 Å². The van der Waals surface area contributed by atoms with Crippen LogP contribution in [0.2, 0.25) is 0 Å². The van der Waals surface area contributed by atoms with Gasteiger partial charge in [-0.1, -0.05) is 30.3 Å². The molecule has 1 heterocycles. The number of nitrogens with one attached hydrogen (secondary N) is 2. The maximum Gasteiger partial charge on any atom is 0.252 e. The number of aryl methyl sites for hydroxylation is 1. The molecule has 0 saturated carbocycles. The van der Waals surface area contributed by atoms with E-state index in [1.54, 1.807) is 0 Å². The van der Waals surface area contributed by atoms with Gasteiger partial charge in [0.1, 0.15) is 5.82 Å². The number of benzene rings is 1. The van der Waals surface area contributed by atoms with Crippen LogP contribution in [0.1, 0.15) is 25.8 Å². The fraction of sp³-hybridized carbons (Fsp3) is 0.333. The minimum Gasteiger partial charge on any atom is -0.365 e. The molecule has 0 aliphatic rings. The van der Waals surface area contributed by atoms with Gasteiger partial charge in [-0.3, -0.25) is 4.79 Å². The lowest BCUT2D eigenvalue weighted by Crippen LogP contribution is -2.32. The molecule has 19 heavy (non-hydrogen) atoms. The molecule has 0 saturated heterocycles. The summed E-state index contributed by atoms with van der Waals surface area (Å²) in [4.78, 5) is 17.8. The number of hydrogen-bond donors (Lipinski definition) is 2. The van der Waals surface area contributed by atoms with Crippen molar-refractivity contribution >= 4 is 5.82 Å². The summed E-state index contributed by atoms with van der Waals surface area (Å²) in [6.07, 6.45) is 3.37. The molecule has 0 fully saturated rings. The Morgan fingerprint density at radius 1 is 1.26 bits per heavy atom. The highest BCUT2D eigenvalue weighted by Gasteiger charge is 2.17. The van der Waals surface area contributed by atoms with Crippen LogP contribution in [0.5, 0.6) is 0 Å². The average molecular weight is 257 g/mol. The number of H-pyrrole nitrogens is 1. The van der Waals surface area contributed by atoms with E-state index in [1.165, 1.54) is 18.0 Å².